The molecule has 0 saturated carbocycles. The number of nitrogens with zero attached hydrogens (tertiary/aromatic N) is 2. The molecule has 2 aromatic carbocycles. The number of ether oxygens (including phenoxy) is 1. The van der Waals surface area contributed by atoms with Gasteiger partial charge in [-0.3, -0.25) is 9.69 Å². The summed E-state index contributed by atoms with van der Waals surface area (Å²) in [5, 5.41) is 12.5. The predicted molar refractivity (Wildman–Crippen MR) is 123 cm³/mol. The maximum absolute atomic E-state index is 12.9. The number of para-hydroxylation sites is 1. The second-order valence-corrected chi connectivity index (χ2v) is 8.94. The number of hydrogen-bond acceptors (Lipinski definition) is 4. The van der Waals surface area contributed by atoms with Crippen molar-refractivity contribution in [1.82, 2.24) is 10.2 Å². The molecule has 164 valence electrons. The molecule has 1 saturated heterocycles. The summed E-state index contributed by atoms with van der Waals surface area (Å²) in [4.78, 5) is 15.2. The van der Waals surface area contributed by atoms with Crippen LogP contribution >= 0.6 is 0 Å². The molecule has 0 spiro atoms. The highest BCUT2D eigenvalue weighted by Crippen LogP contribution is 2.24. The Labute approximate surface area is 186 Å². The molecule has 0 aromatic heterocycles. The summed E-state index contributed by atoms with van der Waals surface area (Å²) in [6, 6.07) is 20.1. The second kappa shape index (κ2) is 11.0. The molecule has 1 heterocycles. The van der Waals surface area contributed by atoms with Gasteiger partial charge in [0.05, 0.1) is 18.2 Å². The summed E-state index contributed by atoms with van der Waals surface area (Å²) in [5.41, 5.74) is 1.41. The quantitative estimate of drug-likeness (QED) is 0.607. The van der Waals surface area contributed by atoms with Gasteiger partial charge in [-0.05, 0) is 49.4 Å². The van der Waals surface area contributed by atoms with Crippen LogP contribution in [0.25, 0.3) is 0 Å². The van der Waals surface area contributed by atoms with Gasteiger partial charge in [0.1, 0.15) is 5.75 Å². The average Bonchev–Trinajstić information content (AvgIpc) is 2.79. The van der Waals surface area contributed by atoms with Crippen LogP contribution in [-0.4, -0.2) is 36.5 Å². The smallest absolute Gasteiger partial charge is 0.225 e. The van der Waals surface area contributed by atoms with E-state index in [2.05, 4.69) is 16.3 Å². The van der Waals surface area contributed by atoms with Crippen LogP contribution in [0.3, 0.4) is 0 Å². The third-order valence-electron chi connectivity index (χ3n) is 6.03. The van der Waals surface area contributed by atoms with Crippen molar-refractivity contribution in [2.24, 2.45) is 5.41 Å². The largest absolute Gasteiger partial charge is 0.494 e. The van der Waals surface area contributed by atoms with E-state index in [1.165, 1.54) is 0 Å². The number of rotatable bonds is 9. The van der Waals surface area contributed by atoms with Crippen molar-refractivity contribution in [2.75, 3.05) is 19.7 Å². The van der Waals surface area contributed by atoms with Crippen molar-refractivity contribution in [3.05, 3.63) is 65.7 Å². The number of carbonyl (C=O) groups excluding carboxylic acids is 1. The Morgan fingerprint density at radius 1 is 1.13 bits per heavy atom. The Morgan fingerprint density at radius 3 is 2.52 bits per heavy atom. The fourth-order valence-corrected chi connectivity index (χ4v) is 3.96. The Balaban J connectivity index is 1.38. The lowest BCUT2D eigenvalue weighted by atomic mass is 9.86. The number of likely N-dealkylation sites (tertiary alicyclic amines) is 1. The lowest BCUT2D eigenvalue weighted by Gasteiger charge is -2.34. The molecular weight excluding hydrogens is 386 g/mol. The molecule has 5 heteroatoms. The van der Waals surface area contributed by atoms with Crippen molar-refractivity contribution in [1.29, 1.82) is 5.26 Å². The van der Waals surface area contributed by atoms with Crippen LogP contribution in [0.1, 0.15) is 50.7 Å². The molecule has 31 heavy (non-hydrogen) atoms. The molecule has 2 aromatic rings. The van der Waals surface area contributed by atoms with E-state index in [4.69, 9.17) is 4.74 Å². The minimum absolute atomic E-state index is 0.125. The van der Waals surface area contributed by atoms with Gasteiger partial charge in [0.15, 0.2) is 0 Å². The molecule has 0 aliphatic carbocycles. The highest BCUT2D eigenvalue weighted by Gasteiger charge is 2.30. The van der Waals surface area contributed by atoms with Crippen molar-refractivity contribution in [3.63, 3.8) is 0 Å². The lowest BCUT2D eigenvalue weighted by molar-refractivity contribution is -0.130. The standard InChI is InChI=1S/C26H33N3O2/c1-26(2,15-8-18-31-24-11-4-3-5-12-24)25(30)28-23-13-16-29(17-14-23)20-22-10-7-6-9-21(22)19-27/h3-7,9-12,23H,8,13-18,20H2,1-2H3,(H,28,30). The molecule has 5 nitrogen and oxygen atoms in total. The molecule has 0 bridgehead atoms. The van der Waals surface area contributed by atoms with Crippen LogP contribution in [0.4, 0.5) is 0 Å². The van der Waals surface area contributed by atoms with E-state index in [0.29, 0.717) is 6.61 Å². The van der Waals surface area contributed by atoms with E-state index in [9.17, 15) is 10.1 Å². The van der Waals surface area contributed by atoms with Gasteiger partial charge in [0.2, 0.25) is 5.91 Å². The van der Waals surface area contributed by atoms with Crippen LogP contribution < -0.4 is 10.1 Å². The van der Waals surface area contributed by atoms with E-state index in [0.717, 1.165) is 62.2 Å². The first-order chi connectivity index (χ1) is 15.0. The molecule has 0 unspecified atom stereocenters. The van der Waals surface area contributed by atoms with Crippen LogP contribution in [0, 0.1) is 16.7 Å². The summed E-state index contributed by atoms with van der Waals surface area (Å²) in [7, 11) is 0. The summed E-state index contributed by atoms with van der Waals surface area (Å²) < 4.78 is 5.75. The van der Waals surface area contributed by atoms with E-state index in [-0.39, 0.29) is 11.9 Å². The Kier molecular flexibility index (Phi) is 8.08. The van der Waals surface area contributed by atoms with Crippen molar-refractivity contribution < 1.29 is 9.53 Å². The van der Waals surface area contributed by atoms with Crippen LogP contribution in [-0.2, 0) is 11.3 Å². The number of piperidine rings is 1. The Bertz CT molecular complexity index is 881. The number of hydrogen-bond donors (Lipinski definition) is 1. The molecule has 0 atom stereocenters. The van der Waals surface area contributed by atoms with Gasteiger partial charge in [-0.15, -0.1) is 0 Å². The predicted octanol–water partition coefficient (Wildman–Crippen LogP) is 4.52. The van der Waals surface area contributed by atoms with Crippen LogP contribution in [0.2, 0.25) is 0 Å². The Hall–Kier alpha value is -2.84. The first kappa shape index (κ1) is 22.8. The second-order valence-electron chi connectivity index (χ2n) is 8.94. The molecule has 1 aliphatic heterocycles. The fourth-order valence-electron chi connectivity index (χ4n) is 3.96. The first-order valence-electron chi connectivity index (χ1n) is 11.2. The number of nitrogens with one attached hydrogen (secondary N) is 1. The van der Waals surface area contributed by atoms with Gasteiger partial charge >= 0.3 is 0 Å². The minimum atomic E-state index is -0.414. The summed E-state index contributed by atoms with van der Waals surface area (Å²) in [6.45, 7) is 7.28. The van der Waals surface area contributed by atoms with Gasteiger partial charge in [0, 0.05) is 31.1 Å². The molecule has 3 rings (SSSR count). The fraction of sp³-hybridized carbons (Fsp3) is 0.462. The minimum Gasteiger partial charge on any atom is -0.494 e. The third kappa shape index (κ3) is 6.83. The third-order valence-corrected chi connectivity index (χ3v) is 6.03. The van der Waals surface area contributed by atoms with E-state index in [1.54, 1.807) is 0 Å². The Morgan fingerprint density at radius 2 is 1.81 bits per heavy atom. The van der Waals surface area contributed by atoms with E-state index in [1.807, 2.05) is 68.4 Å². The van der Waals surface area contributed by atoms with Gasteiger partial charge in [-0.1, -0.05) is 50.2 Å². The van der Waals surface area contributed by atoms with Gasteiger partial charge in [-0.2, -0.15) is 5.26 Å². The average molecular weight is 420 g/mol. The molecular formula is C26H33N3O2. The van der Waals surface area contributed by atoms with Crippen molar-refractivity contribution >= 4 is 5.91 Å². The normalized spacial score (nSPS) is 15.3. The first-order valence-corrected chi connectivity index (χ1v) is 11.2. The van der Waals surface area contributed by atoms with Gasteiger partial charge in [0.25, 0.3) is 0 Å². The SMILES string of the molecule is CC(C)(CCCOc1ccccc1)C(=O)NC1CCN(Cc2ccccc2C#N)CC1. The van der Waals surface area contributed by atoms with Crippen molar-refractivity contribution in [2.45, 2.75) is 52.1 Å². The van der Waals surface area contributed by atoms with E-state index >= 15 is 0 Å². The zero-order valence-electron chi connectivity index (χ0n) is 18.6. The van der Waals surface area contributed by atoms with Crippen LogP contribution in [0.15, 0.2) is 54.6 Å². The van der Waals surface area contributed by atoms with Crippen molar-refractivity contribution in [3.8, 4) is 11.8 Å². The monoisotopic (exact) mass is 419 g/mol. The topological polar surface area (TPSA) is 65.4 Å². The van der Waals surface area contributed by atoms with Crippen LogP contribution in [0.5, 0.6) is 5.75 Å². The zero-order chi connectivity index (χ0) is 22.1. The summed E-state index contributed by atoms with van der Waals surface area (Å²) >= 11 is 0. The zero-order valence-corrected chi connectivity index (χ0v) is 18.6. The highest BCUT2D eigenvalue weighted by molar-refractivity contribution is 5.82. The number of nitriles is 1. The molecule has 1 aliphatic rings. The maximum atomic E-state index is 12.9. The summed E-state index contributed by atoms with van der Waals surface area (Å²) in [6.07, 6.45) is 3.50. The number of amides is 1. The van der Waals surface area contributed by atoms with Gasteiger partial charge < -0.3 is 10.1 Å². The summed E-state index contributed by atoms with van der Waals surface area (Å²) in [5.74, 6) is 0.995. The van der Waals surface area contributed by atoms with E-state index < -0.39 is 5.41 Å². The number of carbonyl (C=O) groups is 1. The molecule has 1 amide bonds. The maximum Gasteiger partial charge on any atom is 0.225 e. The van der Waals surface area contributed by atoms with Gasteiger partial charge in [-0.25, -0.2) is 0 Å². The molecule has 0 radical (unpaired) electrons. The molecule has 1 N–H and O–H groups in total. The molecule has 1 fully saturated rings. The lowest BCUT2D eigenvalue weighted by Crippen LogP contribution is -2.48. The number of benzene rings is 2. The highest BCUT2D eigenvalue weighted by atomic mass is 16.5.